The molecule has 2 aromatic rings. The van der Waals surface area contributed by atoms with Crippen molar-refractivity contribution in [3.63, 3.8) is 0 Å². The molecule has 2 aliphatic rings. The van der Waals surface area contributed by atoms with Gasteiger partial charge >= 0.3 is 5.92 Å². The van der Waals surface area contributed by atoms with Crippen LogP contribution in [-0.4, -0.2) is 78.7 Å². The summed E-state index contributed by atoms with van der Waals surface area (Å²) in [4.78, 5) is 52.9. The van der Waals surface area contributed by atoms with Gasteiger partial charge in [0.2, 0.25) is 19.8 Å². The molecule has 2 unspecified atom stereocenters. The summed E-state index contributed by atoms with van der Waals surface area (Å²) in [5.74, 6) is -6.87. The van der Waals surface area contributed by atoms with Crippen LogP contribution in [0.15, 0.2) is 36.4 Å². The summed E-state index contributed by atoms with van der Waals surface area (Å²) in [6.07, 6.45) is 0.360. The van der Waals surface area contributed by atoms with Gasteiger partial charge in [-0.2, -0.15) is 8.78 Å². The molecule has 1 N–H and O–H groups in total. The molecule has 0 spiro atoms. The van der Waals surface area contributed by atoms with Crippen molar-refractivity contribution >= 4 is 80.1 Å². The fraction of sp³-hybridized carbons (Fsp3) is 0.273. The molecule has 37 heavy (non-hydrogen) atoms. The first kappa shape index (κ1) is 27.0. The van der Waals surface area contributed by atoms with Gasteiger partial charge in [0.05, 0.1) is 0 Å². The highest BCUT2D eigenvalue weighted by molar-refractivity contribution is 6.46. The summed E-state index contributed by atoms with van der Waals surface area (Å²) in [7, 11) is 8.18. The summed E-state index contributed by atoms with van der Waals surface area (Å²) in [5, 5.41) is 1.40. The van der Waals surface area contributed by atoms with Crippen LogP contribution < -0.4 is 10.8 Å². The Labute approximate surface area is 222 Å². The number of hydrogen-bond donors (Lipinski definition) is 1. The van der Waals surface area contributed by atoms with Crippen LogP contribution in [0.3, 0.4) is 0 Å². The van der Waals surface area contributed by atoms with Gasteiger partial charge in [-0.15, -0.1) is 0 Å². The maximum atomic E-state index is 15.2. The number of benzene rings is 2. The van der Waals surface area contributed by atoms with Gasteiger partial charge in [-0.25, -0.2) is 0 Å². The van der Waals surface area contributed by atoms with E-state index in [-0.39, 0.29) is 29.7 Å². The predicted molar refractivity (Wildman–Crippen MR) is 148 cm³/mol. The van der Waals surface area contributed by atoms with Gasteiger partial charge in [0.1, 0.15) is 37.4 Å². The molecule has 4 rings (SSSR count). The zero-order chi connectivity index (χ0) is 27.4. The van der Waals surface area contributed by atoms with Crippen molar-refractivity contribution in [1.82, 2.24) is 15.0 Å². The quantitative estimate of drug-likeness (QED) is 0.337. The Morgan fingerprint density at radius 2 is 1.76 bits per heavy atom. The monoisotopic (exact) mass is 521 g/mol. The number of hydrogen-bond acceptors (Lipinski definition) is 4. The largest absolute Gasteiger partial charge is 0.393 e. The lowest BCUT2D eigenvalue weighted by molar-refractivity contribution is -0.155. The highest BCUT2D eigenvalue weighted by Crippen LogP contribution is 2.38. The molecule has 1 fully saturated rings. The lowest BCUT2D eigenvalue weighted by atomic mass is 9.53. The minimum Gasteiger partial charge on any atom is -0.393 e. The zero-order valence-electron chi connectivity index (χ0n) is 21.2. The van der Waals surface area contributed by atoms with Crippen LogP contribution in [0.1, 0.15) is 45.8 Å². The van der Waals surface area contributed by atoms with E-state index in [1.165, 1.54) is 25.0 Å². The number of rotatable bonds is 5. The number of amides is 4. The van der Waals surface area contributed by atoms with Gasteiger partial charge in [-0.3, -0.25) is 24.5 Å². The molecule has 0 aliphatic carbocycles. The fourth-order valence-corrected chi connectivity index (χ4v) is 5.29. The molecule has 4 amide bonds. The van der Waals surface area contributed by atoms with Crippen LogP contribution in [-0.2, 0) is 25.6 Å². The van der Waals surface area contributed by atoms with Gasteiger partial charge in [-0.05, 0) is 35.0 Å². The Kier molecular flexibility index (Phi) is 6.86. The summed E-state index contributed by atoms with van der Waals surface area (Å²) < 4.78 is 30.4. The number of carbonyl (C=O) groups excluding carboxylic acids is 4. The average molecular weight is 521 g/mol. The van der Waals surface area contributed by atoms with Gasteiger partial charge in [0.15, 0.2) is 0 Å². The van der Waals surface area contributed by atoms with Crippen molar-refractivity contribution < 1.29 is 28.0 Å². The summed E-state index contributed by atoms with van der Waals surface area (Å²) >= 11 is 5.81. The van der Waals surface area contributed by atoms with Crippen molar-refractivity contribution in [2.24, 2.45) is 0 Å². The number of alkyl halides is 2. The topological polar surface area (TPSA) is 86.8 Å². The first-order chi connectivity index (χ1) is 17.2. The van der Waals surface area contributed by atoms with Crippen molar-refractivity contribution in [3.8, 4) is 0 Å². The third-order valence-electron chi connectivity index (χ3n) is 7.55. The molecule has 2 aliphatic heterocycles. The molecular formula is C22H23B5ClF2N3O4. The van der Waals surface area contributed by atoms with E-state index in [0.717, 1.165) is 16.9 Å². The Hall–Kier alpha value is -3.01. The first-order valence-corrected chi connectivity index (χ1v) is 12.3. The number of fused-ring (bicyclic) bond motifs is 1. The minimum atomic E-state index is -3.78. The van der Waals surface area contributed by atoms with E-state index in [0.29, 0.717) is 22.2 Å². The van der Waals surface area contributed by atoms with Crippen LogP contribution in [0.5, 0.6) is 0 Å². The number of carbonyl (C=O) groups is 4. The van der Waals surface area contributed by atoms with Crippen LogP contribution in [0, 0.1) is 0 Å². The Morgan fingerprint density at radius 3 is 2.35 bits per heavy atom. The van der Waals surface area contributed by atoms with Gasteiger partial charge < -0.3 is 9.71 Å². The molecule has 186 valence electrons. The van der Waals surface area contributed by atoms with Crippen molar-refractivity contribution in [3.05, 3.63) is 63.7 Å². The number of halogens is 3. The van der Waals surface area contributed by atoms with Crippen molar-refractivity contribution in [2.75, 3.05) is 0 Å². The zero-order valence-corrected chi connectivity index (χ0v) is 22.0. The molecule has 0 bridgehead atoms. The van der Waals surface area contributed by atoms with Crippen LogP contribution in [0.2, 0.25) is 5.02 Å². The smallest absolute Gasteiger partial charge is 0.348 e. The third kappa shape index (κ3) is 4.49. The molecule has 0 saturated carbocycles. The van der Waals surface area contributed by atoms with Crippen LogP contribution in [0.4, 0.5) is 8.78 Å². The molecule has 0 radical (unpaired) electrons. The summed E-state index contributed by atoms with van der Waals surface area (Å²) in [6.45, 7) is 0. The average Bonchev–Trinajstić information content (AvgIpc) is 3.07. The van der Waals surface area contributed by atoms with Gasteiger partial charge in [-0.1, -0.05) is 41.3 Å². The number of piperidine rings is 1. The van der Waals surface area contributed by atoms with Gasteiger partial charge in [0, 0.05) is 28.5 Å². The number of imide groups is 1. The Morgan fingerprint density at radius 1 is 1.14 bits per heavy atom. The molecule has 2 atom stereocenters. The van der Waals surface area contributed by atoms with E-state index >= 15 is 8.78 Å². The molecule has 2 aromatic carbocycles. The maximum absolute atomic E-state index is 15.2. The van der Waals surface area contributed by atoms with Crippen LogP contribution in [0.25, 0.3) is 0 Å². The van der Waals surface area contributed by atoms with E-state index in [9.17, 15) is 19.2 Å². The van der Waals surface area contributed by atoms with Crippen molar-refractivity contribution in [1.29, 1.82) is 0 Å². The molecule has 1 saturated heterocycles. The lowest BCUT2D eigenvalue weighted by Crippen LogP contribution is -2.55. The SMILES string of the molecule is Bc1cc2c(cc1C(B)(B)N(B)C(=O)C(F)(F)c1ccc(Cl)cc1)C(B)N(C1CCC(=O)NC1=O)C2=O. The summed E-state index contributed by atoms with van der Waals surface area (Å²) in [5.41, 5.74) is 1.82. The van der Waals surface area contributed by atoms with Crippen molar-refractivity contribution in [2.45, 2.75) is 36.1 Å². The molecule has 2 heterocycles. The lowest BCUT2D eigenvalue weighted by Gasteiger charge is -2.41. The second-order valence-electron chi connectivity index (χ2n) is 10.1. The molecule has 0 aromatic heterocycles. The standard InChI is InChI=1S/C22H23B5ClF2N3O4/c23-14-8-12-11(17(24)32(19(12)36)15-5-6-16(34)31-18(15)35)7-13(14)22(25,26)33(27)20(37)21(29,30)9-1-3-10(28)4-2-9/h1-4,7-8,15,17H,5-6,23-27H2,(H,31,34,35). The van der Waals surface area contributed by atoms with Crippen LogP contribution >= 0.6 is 11.6 Å². The second kappa shape index (κ2) is 9.38. The third-order valence-corrected chi connectivity index (χ3v) is 7.80. The van der Waals surface area contributed by atoms with E-state index in [1.807, 2.05) is 0 Å². The maximum Gasteiger partial charge on any atom is 0.348 e. The highest BCUT2D eigenvalue weighted by Gasteiger charge is 2.47. The highest BCUT2D eigenvalue weighted by atomic mass is 35.5. The molecule has 15 heteroatoms. The molecule has 7 nitrogen and oxygen atoms in total. The normalized spacial score (nSPS) is 20.0. The number of nitrogens with one attached hydrogen (secondary N) is 1. The van der Waals surface area contributed by atoms with Gasteiger partial charge in [0.25, 0.3) is 11.8 Å². The first-order valence-electron chi connectivity index (χ1n) is 11.9. The van der Waals surface area contributed by atoms with E-state index in [1.54, 1.807) is 43.5 Å². The van der Waals surface area contributed by atoms with E-state index in [2.05, 4.69) is 5.32 Å². The Bertz CT molecular complexity index is 1330. The van der Waals surface area contributed by atoms with E-state index in [4.69, 9.17) is 11.6 Å². The second-order valence-corrected chi connectivity index (χ2v) is 10.6. The van der Waals surface area contributed by atoms with E-state index < -0.39 is 40.6 Å². The Balaban J connectivity index is 1.67. The fourth-order valence-electron chi connectivity index (χ4n) is 5.17. The number of nitrogens with zero attached hydrogens (tertiary/aromatic N) is 2. The minimum absolute atomic E-state index is 0.134. The summed E-state index contributed by atoms with van der Waals surface area (Å²) in [6, 6.07) is 7.50. The molecular weight excluding hydrogens is 498 g/mol. The predicted octanol–water partition coefficient (Wildman–Crippen LogP) is -2.96.